The molecule has 1 unspecified atom stereocenters. The highest BCUT2D eigenvalue weighted by Crippen LogP contribution is 2.42. The zero-order valence-electron chi connectivity index (χ0n) is 20.1. The molecule has 2 aromatic carbocycles. The van der Waals surface area contributed by atoms with Crippen LogP contribution in [0.4, 0.5) is 32.0 Å². The fourth-order valence-corrected chi connectivity index (χ4v) is 5.99. The Kier molecular flexibility index (Phi) is 6.99. The van der Waals surface area contributed by atoms with Gasteiger partial charge in [0.15, 0.2) is 5.60 Å². The molecule has 1 N–H and O–H groups in total. The standard InChI is InChI=1S/C23H23F6N5O3S/c1-15-12-32(18-4-3-5-19(20(18)22(24,25)26)33-14-30-13-31-33)10-11-34(15)38(36,37)17-8-6-16(7-9-17)21(2,35)23(27,28)29/h3-9,13-15,35H,10-12H2,1-2H3/t15-,21?/m1/s1. The van der Waals surface area contributed by atoms with Gasteiger partial charge in [0.25, 0.3) is 0 Å². The van der Waals surface area contributed by atoms with Crippen LogP contribution >= 0.6 is 0 Å². The third-order valence-corrected chi connectivity index (χ3v) is 8.48. The van der Waals surface area contributed by atoms with E-state index < -0.39 is 45.1 Å². The number of alkyl halides is 6. The van der Waals surface area contributed by atoms with Crippen molar-refractivity contribution in [1.29, 1.82) is 0 Å². The lowest BCUT2D eigenvalue weighted by atomic mass is 9.96. The molecule has 1 saturated heterocycles. The van der Waals surface area contributed by atoms with E-state index in [2.05, 4.69) is 10.1 Å². The van der Waals surface area contributed by atoms with Gasteiger partial charge in [0.1, 0.15) is 18.2 Å². The fourth-order valence-electron chi connectivity index (χ4n) is 4.37. The van der Waals surface area contributed by atoms with E-state index in [9.17, 15) is 39.9 Å². The van der Waals surface area contributed by atoms with Crippen LogP contribution in [0.2, 0.25) is 0 Å². The van der Waals surface area contributed by atoms with Crippen molar-refractivity contribution >= 4 is 15.7 Å². The number of hydrogen-bond donors (Lipinski definition) is 1. The van der Waals surface area contributed by atoms with Crippen LogP contribution in [0.25, 0.3) is 5.69 Å². The Morgan fingerprint density at radius 2 is 1.61 bits per heavy atom. The summed E-state index contributed by atoms with van der Waals surface area (Å²) in [5.41, 5.74) is -5.03. The van der Waals surface area contributed by atoms with E-state index in [1.807, 2.05) is 0 Å². The van der Waals surface area contributed by atoms with E-state index in [1.165, 1.54) is 30.0 Å². The number of halogens is 6. The molecule has 0 amide bonds. The van der Waals surface area contributed by atoms with E-state index in [4.69, 9.17) is 0 Å². The number of aliphatic hydroxyl groups is 1. The van der Waals surface area contributed by atoms with Crippen LogP contribution < -0.4 is 4.90 Å². The van der Waals surface area contributed by atoms with E-state index in [0.29, 0.717) is 6.92 Å². The molecule has 206 valence electrons. The molecule has 1 aliphatic rings. The van der Waals surface area contributed by atoms with Gasteiger partial charge in [-0.25, -0.2) is 18.1 Å². The van der Waals surface area contributed by atoms with Gasteiger partial charge in [0, 0.05) is 25.7 Å². The van der Waals surface area contributed by atoms with Crippen molar-refractivity contribution in [2.45, 2.75) is 42.7 Å². The largest absolute Gasteiger partial charge is 0.421 e. The van der Waals surface area contributed by atoms with Crippen molar-refractivity contribution in [2.24, 2.45) is 0 Å². The van der Waals surface area contributed by atoms with E-state index >= 15 is 0 Å². The van der Waals surface area contributed by atoms with Crippen LogP contribution in [0.1, 0.15) is 25.0 Å². The normalized spacial score (nSPS) is 19.4. The van der Waals surface area contributed by atoms with Gasteiger partial charge in [0.05, 0.1) is 16.3 Å². The lowest BCUT2D eigenvalue weighted by Gasteiger charge is -2.41. The van der Waals surface area contributed by atoms with Crippen LogP contribution in [0.3, 0.4) is 0 Å². The summed E-state index contributed by atoms with van der Waals surface area (Å²) in [7, 11) is -4.20. The second-order valence-electron chi connectivity index (χ2n) is 9.01. The minimum atomic E-state index is -4.97. The molecular formula is C23H23F6N5O3S. The molecule has 4 rings (SSSR count). The topological polar surface area (TPSA) is 91.6 Å². The summed E-state index contributed by atoms with van der Waals surface area (Å²) in [5.74, 6) is 0. The predicted molar refractivity (Wildman–Crippen MR) is 124 cm³/mol. The van der Waals surface area contributed by atoms with E-state index in [-0.39, 0.29) is 35.9 Å². The number of anilines is 1. The first kappa shape index (κ1) is 27.9. The maximum atomic E-state index is 14.1. The van der Waals surface area contributed by atoms with Crippen LogP contribution in [0.5, 0.6) is 0 Å². The molecule has 1 aliphatic heterocycles. The second kappa shape index (κ2) is 9.54. The van der Waals surface area contributed by atoms with Gasteiger partial charge >= 0.3 is 12.4 Å². The summed E-state index contributed by atoms with van der Waals surface area (Å²) in [6.45, 7) is 1.76. The number of benzene rings is 2. The number of rotatable bonds is 5. The molecule has 0 radical (unpaired) electrons. The van der Waals surface area contributed by atoms with Crippen LogP contribution in [-0.4, -0.2) is 64.4 Å². The van der Waals surface area contributed by atoms with Crippen molar-refractivity contribution in [3.63, 3.8) is 0 Å². The number of sulfonamides is 1. The van der Waals surface area contributed by atoms with Gasteiger partial charge in [-0.15, -0.1) is 0 Å². The number of nitrogens with zero attached hydrogens (tertiary/aromatic N) is 5. The average Bonchev–Trinajstić information content (AvgIpc) is 3.37. The molecule has 15 heteroatoms. The van der Waals surface area contributed by atoms with Gasteiger partial charge in [-0.1, -0.05) is 18.2 Å². The summed E-state index contributed by atoms with van der Waals surface area (Å²) in [6, 6.07) is 6.91. The molecule has 38 heavy (non-hydrogen) atoms. The lowest BCUT2D eigenvalue weighted by molar-refractivity contribution is -0.258. The van der Waals surface area contributed by atoms with Gasteiger partial charge in [-0.2, -0.15) is 35.7 Å². The molecule has 8 nitrogen and oxygen atoms in total. The summed E-state index contributed by atoms with van der Waals surface area (Å²) >= 11 is 0. The van der Waals surface area contributed by atoms with Gasteiger partial charge < -0.3 is 10.0 Å². The van der Waals surface area contributed by atoms with Crippen molar-refractivity contribution in [1.82, 2.24) is 19.1 Å². The Hall–Kier alpha value is -3.17. The zero-order chi connectivity index (χ0) is 28.1. The third-order valence-electron chi connectivity index (χ3n) is 6.45. The highest BCUT2D eigenvalue weighted by Gasteiger charge is 2.51. The molecule has 0 bridgehead atoms. The molecule has 0 saturated carbocycles. The minimum absolute atomic E-state index is 0.0751. The Labute approximate surface area is 214 Å². The Morgan fingerprint density at radius 1 is 0.974 bits per heavy atom. The SMILES string of the molecule is C[C@@H]1CN(c2cccc(-n3cncn3)c2C(F)(F)F)CCN1S(=O)(=O)c1ccc(C(C)(O)C(F)(F)F)cc1. The first-order chi connectivity index (χ1) is 17.5. The third kappa shape index (κ3) is 4.97. The minimum Gasteiger partial charge on any atom is -0.376 e. The molecule has 1 aromatic heterocycles. The average molecular weight is 564 g/mol. The first-order valence-corrected chi connectivity index (χ1v) is 12.7. The van der Waals surface area contributed by atoms with Gasteiger partial charge in [0.2, 0.25) is 10.0 Å². The van der Waals surface area contributed by atoms with Crippen molar-refractivity contribution in [3.8, 4) is 5.69 Å². The molecule has 0 spiro atoms. The lowest BCUT2D eigenvalue weighted by Crippen LogP contribution is -2.54. The predicted octanol–water partition coefficient (Wildman–Crippen LogP) is 3.96. The van der Waals surface area contributed by atoms with E-state index in [1.54, 1.807) is 0 Å². The Balaban J connectivity index is 1.60. The van der Waals surface area contributed by atoms with Crippen molar-refractivity contribution in [3.05, 3.63) is 66.2 Å². The Bertz CT molecular complexity index is 1390. The summed E-state index contributed by atoms with van der Waals surface area (Å²) in [5, 5.41) is 13.6. The molecule has 2 atom stereocenters. The van der Waals surface area contributed by atoms with Gasteiger partial charge in [-0.3, -0.25) is 0 Å². The maximum Gasteiger partial charge on any atom is 0.421 e. The van der Waals surface area contributed by atoms with Crippen molar-refractivity contribution in [2.75, 3.05) is 24.5 Å². The second-order valence-corrected chi connectivity index (χ2v) is 10.9. The summed E-state index contributed by atoms with van der Waals surface area (Å²) in [6.07, 6.45) is -7.47. The summed E-state index contributed by atoms with van der Waals surface area (Å²) < 4.78 is 110. The van der Waals surface area contributed by atoms with Crippen LogP contribution in [-0.2, 0) is 21.8 Å². The highest BCUT2D eigenvalue weighted by molar-refractivity contribution is 7.89. The molecule has 0 aliphatic carbocycles. The highest BCUT2D eigenvalue weighted by atomic mass is 32.2. The Morgan fingerprint density at radius 3 is 2.13 bits per heavy atom. The maximum absolute atomic E-state index is 14.1. The fraction of sp³-hybridized carbons (Fsp3) is 0.391. The van der Waals surface area contributed by atoms with Crippen LogP contribution in [0, 0.1) is 0 Å². The smallest absolute Gasteiger partial charge is 0.376 e. The van der Waals surface area contributed by atoms with Gasteiger partial charge in [-0.05, 0) is 43.7 Å². The number of hydrogen-bond acceptors (Lipinski definition) is 6. The molecule has 3 aromatic rings. The molecule has 2 heterocycles. The van der Waals surface area contributed by atoms with Crippen LogP contribution in [0.15, 0.2) is 60.0 Å². The first-order valence-electron chi connectivity index (χ1n) is 11.3. The quantitative estimate of drug-likeness (QED) is 0.473. The zero-order valence-corrected chi connectivity index (χ0v) is 20.9. The molecule has 1 fully saturated rings. The number of piperazine rings is 1. The molecular weight excluding hydrogens is 540 g/mol. The number of aromatic nitrogens is 3. The van der Waals surface area contributed by atoms with E-state index in [0.717, 1.165) is 45.9 Å². The monoisotopic (exact) mass is 563 g/mol. The van der Waals surface area contributed by atoms with Crippen molar-refractivity contribution < 1.29 is 39.9 Å². The summed E-state index contributed by atoms with van der Waals surface area (Å²) in [4.78, 5) is 4.83.